The van der Waals surface area contributed by atoms with Gasteiger partial charge in [-0.05, 0) is 0 Å². The molecule has 0 aromatic heterocycles. The van der Waals surface area contributed by atoms with Gasteiger partial charge in [0.15, 0.2) is 0 Å². The summed E-state index contributed by atoms with van der Waals surface area (Å²) in [7, 11) is 6.14. The van der Waals surface area contributed by atoms with E-state index in [0.717, 1.165) is 0 Å². The van der Waals surface area contributed by atoms with Gasteiger partial charge >= 0.3 is 15.2 Å². The molecule has 5 radical (unpaired) electrons. The van der Waals surface area contributed by atoms with E-state index in [9.17, 15) is 9.13 Å². The molecular formula is C14H24B3O8P2. The van der Waals surface area contributed by atoms with Crippen LogP contribution in [-0.4, -0.2) is 85.7 Å². The summed E-state index contributed by atoms with van der Waals surface area (Å²) in [5.74, 6) is -0.458. The van der Waals surface area contributed by atoms with Gasteiger partial charge in [0.1, 0.15) is 7.85 Å². The average Bonchev–Trinajstić information content (AvgIpc) is 3.01. The molecule has 3 aliphatic heterocycles. The molecule has 0 spiro atoms. The summed E-state index contributed by atoms with van der Waals surface area (Å²) in [6.45, 7) is 6.50. The Morgan fingerprint density at radius 1 is 0.889 bits per heavy atom. The van der Waals surface area contributed by atoms with E-state index in [2.05, 4.69) is 0 Å². The van der Waals surface area contributed by atoms with Gasteiger partial charge in [0.05, 0.1) is 44.8 Å². The lowest BCUT2D eigenvalue weighted by molar-refractivity contribution is 0.0134. The van der Waals surface area contributed by atoms with Gasteiger partial charge in [-0.2, -0.15) is 0 Å². The van der Waals surface area contributed by atoms with E-state index in [0.29, 0.717) is 0 Å². The molecule has 0 aliphatic carbocycles. The second-order valence-corrected chi connectivity index (χ2v) is 11.5. The Balaban J connectivity index is 1.85. The summed E-state index contributed by atoms with van der Waals surface area (Å²) in [5.41, 5.74) is 0. The molecule has 3 aliphatic rings. The van der Waals surface area contributed by atoms with E-state index in [1.54, 1.807) is 0 Å². The van der Waals surface area contributed by atoms with Crippen LogP contribution in [0.3, 0.4) is 0 Å². The molecule has 3 heterocycles. The second-order valence-electron chi connectivity index (χ2n) is 7.46. The van der Waals surface area contributed by atoms with Crippen LogP contribution in [0.1, 0.15) is 13.8 Å². The summed E-state index contributed by atoms with van der Waals surface area (Å²) >= 11 is 0. The van der Waals surface area contributed by atoms with E-state index in [1.165, 1.54) is 20.5 Å². The van der Waals surface area contributed by atoms with Gasteiger partial charge in [0, 0.05) is 44.9 Å². The minimum Gasteiger partial charge on any atom is -0.379 e. The molecule has 4 bridgehead atoms. The maximum Gasteiger partial charge on any atom is 0.328 e. The predicted octanol–water partition coefficient (Wildman–Crippen LogP) is 1.13. The SMILES string of the molecule is [B][B][C@@H]1O[C@@H]2COP(C)(=O)O[C@@H]3[C@H](C)[C@@H](COP(C)(=O)O[C@@H]1[C@@H]2C)O[C@H]3[B]. The molecule has 0 saturated carbocycles. The molecule has 0 aromatic rings. The number of rotatable bonds is 1. The molecule has 0 amide bonds. The fourth-order valence-corrected chi connectivity index (χ4v) is 6.06. The van der Waals surface area contributed by atoms with Gasteiger partial charge in [-0.1, -0.05) is 13.8 Å². The van der Waals surface area contributed by atoms with Crippen molar-refractivity contribution in [1.82, 2.24) is 0 Å². The topological polar surface area (TPSA) is 89.5 Å². The number of ether oxygens (including phenoxy) is 2. The van der Waals surface area contributed by atoms with E-state index in [1.807, 2.05) is 13.8 Å². The van der Waals surface area contributed by atoms with Crippen molar-refractivity contribution >= 4 is 37.9 Å². The number of hydrogen-bond acceptors (Lipinski definition) is 8. The van der Waals surface area contributed by atoms with Crippen molar-refractivity contribution in [3.63, 3.8) is 0 Å². The average molecular weight is 415 g/mol. The smallest absolute Gasteiger partial charge is 0.328 e. The fourth-order valence-electron chi connectivity index (χ4n) is 3.60. The third-order valence-corrected chi connectivity index (χ3v) is 7.77. The summed E-state index contributed by atoms with van der Waals surface area (Å²) in [6, 6.07) is -1.39. The van der Waals surface area contributed by atoms with Crippen LogP contribution in [0.15, 0.2) is 0 Å². The minimum absolute atomic E-state index is 0.000228. The van der Waals surface area contributed by atoms with Crippen LogP contribution in [0.4, 0.5) is 0 Å². The lowest BCUT2D eigenvalue weighted by Crippen LogP contribution is -2.34. The van der Waals surface area contributed by atoms with Gasteiger partial charge in [0.2, 0.25) is 0 Å². The zero-order valence-electron chi connectivity index (χ0n) is 15.9. The van der Waals surface area contributed by atoms with Crippen LogP contribution in [0, 0.1) is 11.8 Å². The predicted molar refractivity (Wildman–Crippen MR) is 102 cm³/mol. The summed E-state index contributed by atoms with van der Waals surface area (Å²) in [4.78, 5) is 0. The Hall–Kier alpha value is 0.415. The van der Waals surface area contributed by atoms with E-state index < -0.39 is 51.6 Å². The monoisotopic (exact) mass is 415 g/mol. The third-order valence-electron chi connectivity index (χ3n) is 5.28. The molecule has 2 unspecified atom stereocenters. The summed E-state index contributed by atoms with van der Waals surface area (Å²) < 4.78 is 59.6. The molecule has 27 heavy (non-hydrogen) atoms. The van der Waals surface area contributed by atoms with E-state index in [-0.39, 0.29) is 25.0 Å². The third kappa shape index (κ3) is 4.95. The van der Waals surface area contributed by atoms with Crippen LogP contribution in [0.2, 0.25) is 0 Å². The van der Waals surface area contributed by atoms with Gasteiger partial charge in [0.25, 0.3) is 0 Å². The van der Waals surface area contributed by atoms with Crippen molar-refractivity contribution < 1.29 is 36.7 Å². The van der Waals surface area contributed by atoms with Crippen LogP contribution in [-0.2, 0) is 36.7 Å². The molecule has 3 rings (SSSR count). The fraction of sp³-hybridized carbons (Fsp3) is 1.00. The number of hydrogen-bond donors (Lipinski definition) is 0. The largest absolute Gasteiger partial charge is 0.379 e. The lowest BCUT2D eigenvalue weighted by Gasteiger charge is -2.28. The lowest BCUT2D eigenvalue weighted by atomic mass is 9.50. The highest BCUT2D eigenvalue weighted by Gasteiger charge is 2.47. The second kappa shape index (κ2) is 8.27. The molecule has 10 atom stereocenters. The number of fused-ring (bicyclic) bond motifs is 4. The van der Waals surface area contributed by atoms with Crippen molar-refractivity contribution in [1.29, 1.82) is 0 Å². The molecule has 0 N–H and O–H groups in total. The van der Waals surface area contributed by atoms with Crippen molar-refractivity contribution in [3.05, 3.63) is 0 Å². The van der Waals surface area contributed by atoms with Gasteiger partial charge in [-0.3, -0.25) is 9.13 Å². The molecule has 3 fully saturated rings. The molecule has 8 nitrogen and oxygen atoms in total. The first-order valence-corrected chi connectivity index (χ1v) is 12.9. The van der Waals surface area contributed by atoms with Gasteiger partial charge < -0.3 is 27.6 Å². The summed E-state index contributed by atoms with van der Waals surface area (Å²) in [6.07, 6.45) is -2.17. The van der Waals surface area contributed by atoms with E-state index >= 15 is 0 Å². The van der Waals surface area contributed by atoms with Crippen LogP contribution >= 0.6 is 15.2 Å². The Morgan fingerprint density at radius 2 is 1.37 bits per heavy atom. The van der Waals surface area contributed by atoms with Crippen molar-refractivity contribution in [3.8, 4) is 0 Å². The highest BCUT2D eigenvalue weighted by atomic mass is 31.2. The van der Waals surface area contributed by atoms with Gasteiger partial charge in [-0.15, -0.1) is 0 Å². The molecule has 13 heteroatoms. The highest BCUT2D eigenvalue weighted by Crippen LogP contribution is 2.53. The quantitative estimate of drug-likeness (QED) is 0.466. The first-order valence-electron chi connectivity index (χ1n) is 8.95. The normalized spacial score (nSPS) is 54.4. The summed E-state index contributed by atoms with van der Waals surface area (Å²) in [5, 5.41) is 0. The van der Waals surface area contributed by atoms with Crippen molar-refractivity contribution in [2.24, 2.45) is 11.8 Å². The Morgan fingerprint density at radius 3 is 1.93 bits per heavy atom. The van der Waals surface area contributed by atoms with Gasteiger partial charge in [-0.25, -0.2) is 0 Å². The Bertz CT molecular complexity index is 639. The molecule has 0 aromatic carbocycles. The maximum absolute atomic E-state index is 12.8. The Labute approximate surface area is 163 Å². The molecule has 147 valence electrons. The van der Waals surface area contributed by atoms with Crippen molar-refractivity contribution in [2.45, 2.75) is 50.3 Å². The first-order chi connectivity index (χ1) is 12.5. The Kier molecular flexibility index (Phi) is 6.77. The zero-order valence-corrected chi connectivity index (χ0v) is 17.7. The zero-order chi connectivity index (χ0) is 20.0. The minimum atomic E-state index is -3.41. The molecular weight excluding hydrogens is 391 g/mol. The van der Waals surface area contributed by atoms with E-state index in [4.69, 9.17) is 43.2 Å². The highest BCUT2D eigenvalue weighted by molar-refractivity contribution is 7.53. The van der Waals surface area contributed by atoms with Crippen LogP contribution < -0.4 is 0 Å². The van der Waals surface area contributed by atoms with Crippen LogP contribution in [0.5, 0.6) is 0 Å². The van der Waals surface area contributed by atoms with Crippen LogP contribution in [0.25, 0.3) is 0 Å². The maximum atomic E-state index is 12.8. The first kappa shape index (κ1) is 22.1. The molecule has 3 saturated heterocycles. The standard InChI is InChI=1S/C14H24B3O8P2/c1-7-9-5-20-27(4,19)25-12-8(2)10(23-14(12)17-16)6-21-26(3,18)24-11(7)13(15)22-9/h7-14H,5-6H2,1-4H3/t7-,8-,9-,10-,11-,12-,13-,14-,26?,27?/m1/s1. The van der Waals surface area contributed by atoms with Crippen molar-refractivity contribution in [2.75, 3.05) is 26.5 Å².